The van der Waals surface area contributed by atoms with Gasteiger partial charge < -0.3 is 9.84 Å². The van der Waals surface area contributed by atoms with E-state index < -0.39 is 38.7 Å². The number of carboxylic acid groups (broad SMARTS) is 1. The average Bonchev–Trinajstić information content (AvgIpc) is 2.82. The highest BCUT2D eigenvalue weighted by Gasteiger charge is 2.37. The molecule has 0 amide bonds. The van der Waals surface area contributed by atoms with Crippen molar-refractivity contribution in [3.63, 3.8) is 0 Å². The van der Waals surface area contributed by atoms with Gasteiger partial charge in [-0.25, -0.2) is 8.42 Å². The van der Waals surface area contributed by atoms with Crippen molar-refractivity contribution >= 4 is 33.3 Å². The van der Waals surface area contributed by atoms with E-state index >= 15 is 0 Å². The van der Waals surface area contributed by atoms with E-state index in [0.29, 0.717) is 16.7 Å². The minimum absolute atomic E-state index is 0.0162. The van der Waals surface area contributed by atoms with Gasteiger partial charge in [0.05, 0.1) is 22.7 Å². The number of hydrogen-bond donors (Lipinski definition) is 1. The van der Waals surface area contributed by atoms with Crippen LogP contribution in [0.3, 0.4) is 0 Å². The quantitative estimate of drug-likeness (QED) is 0.436. The summed E-state index contributed by atoms with van der Waals surface area (Å²) in [5.74, 6) is -0.898. The van der Waals surface area contributed by atoms with Gasteiger partial charge in [0.1, 0.15) is 11.9 Å². The molecule has 6 nitrogen and oxygen atoms in total. The van der Waals surface area contributed by atoms with Gasteiger partial charge in [-0.1, -0.05) is 35.9 Å². The van der Waals surface area contributed by atoms with Crippen LogP contribution >= 0.6 is 11.6 Å². The van der Waals surface area contributed by atoms with Crippen molar-refractivity contribution < 1.29 is 36.2 Å². The molecule has 0 fully saturated rings. The number of sulfonamides is 1. The maximum absolute atomic E-state index is 13.6. The zero-order chi connectivity index (χ0) is 25.4. The summed E-state index contributed by atoms with van der Waals surface area (Å²) < 4.78 is 73.7. The van der Waals surface area contributed by atoms with E-state index in [9.17, 15) is 26.4 Å². The van der Waals surface area contributed by atoms with Gasteiger partial charge in [-0.2, -0.15) is 13.2 Å². The van der Waals surface area contributed by atoms with Crippen LogP contribution in [0.5, 0.6) is 5.75 Å². The second-order valence-electron chi connectivity index (χ2n) is 7.92. The number of halogens is 4. The van der Waals surface area contributed by atoms with Crippen molar-refractivity contribution in [2.45, 2.75) is 30.0 Å². The number of alkyl halides is 3. The summed E-state index contributed by atoms with van der Waals surface area (Å²) in [6, 6.07) is 15.2. The third kappa shape index (κ3) is 5.38. The Labute approximate surface area is 204 Å². The van der Waals surface area contributed by atoms with Crippen LogP contribution in [0, 0.1) is 0 Å². The molecule has 0 radical (unpaired) electrons. The summed E-state index contributed by atoms with van der Waals surface area (Å²) in [6.07, 6.45) is -5.77. The summed E-state index contributed by atoms with van der Waals surface area (Å²) in [7, 11) is -4.45. The number of aliphatic carboxylic acids is 1. The number of hydrogen-bond acceptors (Lipinski definition) is 4. The average molecular weight is 526 g/mol. The minimum atomic E-state index is -4.72. The number of ether oxygens (including phenoxy) is 1. The molecule has 0 saturated carbocycles. The first-order valence-electron chi connectivity index (χ1n) is 10.4. The molecule has 1 aliphatic heterocycles. The second kappa shape index (κ2) is 9.43. The normalized spacial score (nSPS) is 15.9. The van der Waals surface area contributed by atoms with Crippen LogP contribution in [0.1, 0.15) is 18.4 Å². The first kappa shape index (κ1) is 24.9. The fourth-order valence-corrected chi connectivity index (χ4v) is 5.43. The Bertz CT molecular complexity index is 1360. The van der Waals surface area contributed by atoms with E-state index in [1.807, 2.05) is 0 Å². The molecule has 1 aliphatic rings. The molecular formula is C24H19ClF3NO5S. The van der Waals surface area contributed by atoms with Crippen molar-refractivity contribution in [2.75, 3.05) is 10.8 Å². The Balaban J connectivity index is 1.80. The molecular weight excluding hydrogens is 507 g/mol. The van der Waals surface area contributed by atoms with Gasteiger partial charge in [0, 0.05) is 11.4 Å². The van der Waals surface area contributed by atoms with Crippen molar-refractivity contribution in [3.05, 3.63) is 77.3 Å². The van der Waals surface area contributed by atoms with Crippen molar-refractivity contribution in [2.24, 2.45) is 0 Å². The molecule has 4 rings (SSSR count). The van der Waals surface area contributed by atoms with E-state index in [2.05, 4.69) is 0 Å². The number of rotatable bonds is 6. The van der Waals surface area contributed by atoms with Crippen molar-refractivity contribution in [3.8, 4) is 16.9 Å². The SMILES string of the molecule is O=C(O)CC[C@H]1CN(S(=O)(=O)c2cccc(C(F)(F)F)c2)c2cc(-c3ccc(Cl)cc3)ccc2O1. The lowest BCUT2D eigenvalue weighted by Crippen LogP contribution is -2.43. The highest BCUT2D eigenvalue weighted by atomic mass is 35.5. The predicted octanol–water partition coefficient (Wildman–Crippen LogP) is 5.85. The highest BCUT2D eigenvalue weighted by molar-refractivity contribution is 7.92. The van der Waals surface area contributed by atoms with Crippen LogP contribution in [0.15, 0.2) is 71.6 Å². The number of carboxylic acids is 1. The topological polar surface area (TPSA) is 83.9 Å². The Morgan fingerprint density at radius 3 is 2.40 bits per heavy atom. The van der Waals surface area contributed by atoms with Gasteiger partial charge in [-0.05, 0) is 60.0 Å². The van der Waals surface area contributed by atoms with E-state index in [1.165, 1.54) is 0 Å². The van der Waals surface area contributed by atoms with E-state index in [4.69, 9.17) is 21.4 Å². The fraction of sp³-hybridized carbons (Fsp3) is 0.208. The summed E-state index contributed by atoms with van der Waals surface area (Å²) in [5.41, 5.74) is 0.421. The van der Waals surface area contributed by atoms with E-state index in [0.717, 1.165) is 28.1 Å². The lowest BCUT2D eigenvalue weighted by atomic mass is 10.0. The zero-order valence-electron chi connectivity index (χ0n) is 18.0. The van der Waals surface area contributed by atoms with E-state index in [-0.39, 0.29) is 30.8 Å². The van der Waals surface area contributed by atoms with Crippen molar-refractivity contribution in [1.29, 1.82) is 0 Å². The molecule has 35 heavy (non-hydrogen) atoms. The molecule has 184 valence electrons. The number of nitrogens with zero attached hydrogens (tertiary/aromatic N) is 1. The van der Waals surface area contributed by atoms with Gasteiger partial charge in [-0.3, -0.25) is 9.10 Å². The molecule has 0 saturated heterocycles. The second-order valence-corrected chi connectivity index (χ2v) is 10.2. The lowest BCUT2D eigenvalue weighted by molar-refractivity contribution is -0.138. The first-order chi connectivity index (χ1) is 16.4. The molecule has 0 spiro atoms. The van der Waals surface area contributed by atoms with Gasteiger partial charge >= 0.3 is 12.1 Å². The number of benzene rings is 3. The maximum atomic E-state index is 13.6. The van der Waals surface area contributed by atoms with Gasteiger partial charge in [0.25, 0.3) is 10.0 Å². The zero-order valence-corrected chi connectivity index (χ0v) is 19.6. The third-order valence-corrected chi connectivity index (χ3v) is 7.53. The predicted molar refractivity (Wildman–Crippen MR) is 124 cm³/mol. The molecule has 3 aromatic rings. The Morgan fingerprint density at radius 2 is 1.74 bits per heavy atom. The maximum Gasteiger partial charge on any atom is 0.416 e. The van der Waals surface area contributed by atoms with Gasteiger partial charge in [0.2, 0.25) is 0 Å². The molecule has 0 aliphatic carbocycles. The first-order valence-corrected chi connectivity index (χ1v) is 12.3. The Kier molecular flexibility index (Phi) is 6.70. The lowest BCUT2D eigenvalue weighted by Gasteiger charge is -2.35. The Morgan fingerprint density at radius 1 is 1.06 bits per heavy atom. The number of fused-ring (bicyclic) bond motifs is 1. The number of carbonyl (C=O) groups is 1. The van der Waals surface area contributed by atoms with Crippen LogP contribution in [0.2, 0.25) is 5.02 Å². The van der Waals surface area contributed by atoms with E-state index in [1.54, 1.807) is 42.5 Å². The molecule has 3 aromatic carbocycles. The molecule has 11 heteroatoms. The summed E-state index contributed by atoms with van der Waals surface area (Å²) in [6.45, 7) is -0.261. The summed E-state index contributed by atoms with van der Waals surface area (Å²) in [4.78, 5) is 10.5. The summed E-state index contributed by atoms with van der Waals surface area (Å²) >= 11 is 5.95. The van der Waals surface area contributed by atoms with Crippen LogP contribution in [0.4, 0.5) is 18.9 Å². The Hall–Kier alpha value is -3.24. The third-order valence-electron chi connectivity index (χ3n) is 5.50. The van der Waals surface area contributed by atoms with Crippen LogP contribution < -0.4 is 9.04 Å². The molecule has 0 bridgehead atoms. The van der Waals surface area contributed by atoms with Gasteiger partial charge in [0.15, 0.2) is 0 Å². The molecule has 1 heterocycles. The van der Waals surface area contributed by atoms with Crippen LogP contribution in [0.25, 0.3) is 11.1 Å². The highest BCUT2D eigenvalue weighted by Crippen LogP contribution is 2.41. The summed E-state index contributed by atoms with van der Waals surface area (Å²) in [5, 5.41) is 9.55. The van der Waals surface area contributed by atoms with Crippen molar-refractivity contribution in [1.82, 2.24) is 0 Å². The largest absolute Gasteiger partial charge is 0.486 e. The monoisotopic (exact) mass is 525 g/mol. The van der Waals surface area contributed by atoms with Crippen LogP contribution in [-0.4, -0.2) is 32.1 Å². The smallest absolute Gasteiger partial charge is 0.416 e. The molecule has 0 aromatic heterocycles. The fourth-order valence-electron chi connectivity index (χ4n) is 3.76. The number of anilines is 1. The van der Waals surface area contributed by atoms with Gasteiger partial charge in [-0.15, -0.1) is 0 Å². The minimum Gasteiger partial charge on any atom is -0.486 e. The van der Waals surface area contributed by atoms with Crippen LogP contribution in [-0.2, 0) is 21.0 Å². The molecule has 1 N–H and O–H groups in total. The molecule has 0 unspecified atom stereocenters. The standard InChI is InChI=1S/C24H19ClF3NO5S/c25-18-7-4-15(5-8-18)16-6-10-22-21(12-16)29(14-19(34-22)9-11-23(30)31)35(32,33)20-3-1-2-17(13-20)24(26,27)28/h1-8,10,12-13,19H,9,11,14H2,(H,30,31)/t19-/m0/s1. The molecule has 1 atom stereocenters.